The van der Waals surface area contributed by atoms with Gasteiger partial charge in [0.1, 0.15) is 0 Å². The summed E-state index contributed by atoms with van der Waals surface area (Å²) in [4.78, 5) is 0. The van der Waals surface area contributed by atoms with Crippen LogP contribution >= 0.6 is 0 Å². The smallest absolute Gasteiger partial charge is 1.00 e. The maximum absolute atomic E-state index is 2.53. The summed E-state index contributed by atoms with van der Waals surface area (Å²) in [5, 5.41) is 2.77. The first-order valence-corrected chi connectivity index (χ1v) is 22.8. The Morgan fingerprint density at radius 1 is 0.517 bits per heavy atom. The first-order valence-electron chi connectivity index (χ1n) is 20.3. The van der Waals surface area contributed by atoms with Crippen LogP contribution in [-0.2, 0) is 28.2 Å². The van der Waals surface area contributed by atoms with Crippen molar-refractivity contribution in [2.75, 3.05) is 0 Å². The average Bonchev–Trinajstić information content (AvgIpc) is 3.93. The first-order chi connectivity index (χ1) is 28.6. The number of rotatable bonds is 8. The van der Waals surface area contributed by atoms with E-state index in [2.05, 4.69) is 226 Å². The SMILES string of the molecule is Cc1cc(-c2ccccc2)c2c(c1)=[C]([Zr+2]=[C](c1ccccc1)c1ccccc1)C1=C(C3=CC=CC3)C(C)(c3ccccc3)C(c3ccccc3)=C(c3ccccc3)C=21.[Cl-].[Cl-]. The van der Waals surface area contributed by atoms with E-state index in [1.54, 1.807) is 3.28 Å². The Kier molecular flexibility index (Phi) is 12.2. The van der Waals surface area contributed by atoms with Crippen molar-refractivity contribution < 1.29 is 47.6 Å². The Balaban J connectivity index is 0.00000249. The van der Waals surface area contributed by atoms with Crippen molar-refractivity contribution in [1.29, 1.82) is 0 Å². The number of aryl methyl sites for hydroxylation is 1. The molecule has 289 valence electrons. The molecule has 3 heteroatoms. The molecule has 0 radical (unpaired) electrons. The molecule has 60 heavy (non-hydrogen) atoms. The average molecular weight is 890 g/mol. The number of allylic oxidation sites excluding steroid dienone is 8. The van der Waals surface area contributed by atoms with Crippen molar-refractivity contribution in [2.45, 2.75) is 25.7 Å². The summed E-state index contributed by atoms with van der Waals surface area (Å²) in [5.74, 6) is 0. The molecule has 0 aliphatic heterocycles. The number of halogens is 2. The van der Waals surface area contributed by atoms with Crippen LogP contribution in [0.4, 0.5) is 0 Å². The molecule has 1 atom stereocenters. The van der Waals surface area contributed by atoms with Gasteiger partial charge in [0, 0.05) is 0 Å². The Morgan fingerprint density at radius 3 is 1.55 bits per heavy atom. The first kappa shape index (κ1) is 41.3. The third-order valence-electron chi connectivity index (χ3n) is 12.1. The molecule has 0 aromatic heterocycles. The van der Waals surface area contributed by atoms with Gasteiger partial charge in [0.2, 0.25) is 0 Å². The minimum Gasteiger partial charge on any atom is -1.00 e. The second-order valence-electron chi connectivity index (χ2n) is 15.6. The van der Waals surface area contributed by atoms with Crippen LogP contribution in [0.25, 0.3) is 31.1 Å². The van der Waals surface area contributed by atoms with Crippen molar-refractivity contribution in [3.63, 3.8) is 0 Å². The predicted molar refractivity (Wildman–Crippen MR) is 241 cm³/mol. The summed E-state index contributed by atoms with van der Waals surface area (Å²) in [5.41, 5.74) is 18.2. The molecule has 0 heterocycles. The van der Waals surface area contributed by atoms with Crippen molar-refractivity contribution in [3.8, 4) is 11.1 Å². The molecule has 0 saturated heterocycles. The molecule has 0 spiro atoms. The fourth-order valence-electron chi connectivity index (χ4n) is 9.61. The van der Waals surface area contributed by atoms with Gasteiger partial charge < -0.3 is 24.8 Å². The topological polar surface area (TPSA) is 0 Å². The molecule has 0 fully saturated rings. The molecule has 3 aliphatic rings. The van der Waals surface area contributed by atoms with E-state index < -0.39 is 28.2 Å². The Morgan fingerprint density at radius 2 is 1.02 bits per heavy atom. The predicted octanol–water partition coefficient (Wildman–Crippen LogP) is 6.06. The molecule has 0 nitrogen and oxygen atoms in total. The van der Waals surface area contributed by atoms with E-state index in [0.717, 1.165) is 6.42 Å². The number of hydrogen-bond acceptors (Lipinski definition) is 0. The van der Waals surface area contributed by atoms with Gasteiger partial charge >= 0.3 is 356 Å². The van der Waals surface area contributed by atoms with Gasteiger partial charge in [-0.1, -0.05) is 0 Å². The van der Waals surface area contributed by atoms with E-state index in [0.29, 0.717) is 0 Å². The van der Waals surface area contributed by atoms with Gasteiger partial charge in [0.25, 0.3) is 0 Å². The van der Waals surface area contributed by atoms with Crippen LogP contribution in [0, 0.1) is 6.92 Å². The third-order valence-corrected chi connectivity index (χ3v) is 16.0. The minimum absolute atomic E-state index is 0. The molecule has 3 aliphatic carbocycles. The molecular formula is C57H43Cl2Zr. The zero-order chi connectivity index (χ0) is 39.1. The molecule has 0 bridgehead atoms. The fourth-order valence-corrected chi connectivity index (χ4v) is 13.5. The second kappa shape index (κ2) is 17.7. The molecule has 1 unspecified atom stereocenters. The fraction of sp³-hybridized carbons (Fsp3) is 0.0702. The van der Waals surface area contributed by atoms with Crippen molar-refractivity contribution in [2.24, 2.45) is 0 Å². The van der Waals surface area contributed by atoms with Gasteiger partial charge in [-0.15, -0.1) is 0 Å². The van der Waals surface area contributed by atoms with Crippen molar-refractivity contribution >= 4 is 23.2 Å². The van der Waals surface area contributed by atoms with E-state index in [-0.39, 0.29) is 24.8 Å². The van der Waals surface area contributed by atoms with E-state index in [1.807, 2.05) is 0 Å². The van der Waals surface area contributed by atoms with E-state index in [4.69, 9.17) is 0 Å². The molecule has 10 rings (SSSR count). The summed E-state index contributed by atoms with van der Waals surface area (Å²) in [6, 6.07) is 72.4. The number of benzene rings is 7. The monoisotopic (exact) mass is 887 g/mol. The quantitative estimate of drug-likeness (QED) is 0.174. The Bertz CT molecular complexity index is 2940. The van der Waals surface area contributed by atoms with Crippen LogP contribution in [0.1, 0.15) is 46.7 Å². The van der Waals surface area contributed by atoms with Gasteiger partial charge in [-0.05, 0) is 0 Å². The third kappa shape index (κ3) is 7.18. The maximum atomic E-state index is 2.53. The molecule has 0 N–H and O–H groups in total. The van der Waals surface area contributed by atoms with Gasteiger partial charge in [-0.2, -0.15) is 0 Å². The zero-order valence-electron chi connectivity index (χ0n) is 33.7. The van der Waals surface area contributed by atoms with E-state index >= 15 is 0 Å². The van der Waals surface area contributed by atoms with Crippen LogP contribution < -0.4 is 35.3 Å². The molecule has 7 aromatic carbocycles. The molecule has 0 amide bonds. The molecule has 0 saturated carbocycles. The zero-order valence-corrected chi connectivity index (χ0v) is 37.6. The standard InChI is InChI=1S/C44H33.C13H10.2ClH.Zr/c1-30-27-35-29-38-41(39(35)37(28-30)31-17-7-3-8-18-31)40(32-19-9-4-10-20-32)43(34-21-11-5-12-22-34)44(2,36-25-13-6-14-26-36)42(38)33-23-15-16-24-33;1-3-7-12(8-4-1)11-13-9-5-2-6-10-13;;;/h3-23,25-28H,24H2,1-2H3;1-10H;2*1H;/q;;;;+2/p-2. The van der Waals surface area contributed by atoms with Crippen molar-refractivity contribution in [3.05, 3.63) is 273 Å². The van der Waals surface area contributed by atoms with Crippen LogP contribution in [-0.4, -0.2) is 3.21 Å². The number of fused-ring (bicyclic) bond motifs is 2. The molecular weight excluding hydrogens is 847 g/mol. The minimum atomic E-state index is -1.60. The largest absolute Gasteiger partial charge is 1.00 e. The second-order valence-corrected chi connectivity index (χ2v) is 18.7. The van der Waals surface area contributed by atoms with Gasteiger partial charge in [-0.25, -0.2) is 0 Å². The summed E-state index contributed by atoms with van der Waals surface area (Å²) < 4.78 is 3.06. The van der Waals surface area contributed by atoms with Gasteiger partial charge in [-0.3, -0.25) is 0 Å². The summed E-state index contributed by atoms with van der Waals surface area (Å²) >= 11 is -1.60. The molecule has 7 aromatic rings. The van der Waals surface area contributed by atoms with Gasteiger partial charge in [0.15, 0.2) is 0 Å². The van der Waals surface area contributed by atoms with Crippen molar-refractivity contribution in [1.82, 2.24) is 0 Å². The summed E-state index contributed by atoms with van der Waals surface area (Å²) in [6.45, 7) is 4.82. The van der Waals surface area contributed by atoms with Crippen LogP contribution in [0.15, 0.2) is 229 Å². The van der Waals surface area contributed by atoms with E-state index in [1.165, 1.54) is 91.6 Å². The van der Waals surface area contributed by atoms with E-state index in [9.17, 15) is 0 Å². The van der Waals surface area contributed by atoms with Crippen LogP contribution in [0.3, 0.4) is 0 Å². The Hall–Kier alpha value is -5.43. The Labute approximate surface area is 377 Å². The van der Waals surface area contributed by atoms with Crippen LogP contribution in [0.2, 0.25) is 0 Å². The van der Waals surface area contributed by atoms with Gasteiger partial charge in [0.05, 0.1) is 0 Å². The maximum Gasteiger partial charge on any atom is -1.00 e. The summed E-state index contributed by atoms with van der Waals surface area (Å²) in [7, 11) is 0. The number of hydrogen-bond donors (Lipinski definition) is 0. The normalized spacial score (nSPS) is 16.3. The summed E-state index contributed by atoms with van der Waals surface area (Å²) in [6.07, 6.45) is 7.94. The van der Waals surface area contributed by atoms with Crippen LogP contribution in [0.5, 0.6) is 0 Å².